The van der Waals surface area contributed by atoms with Gasteiger partial charge < -0.3 is 9.84 Å². The molecule has 0 fully saturated rings. The number of rotatable bonds is 10. The fraction of sp³-hybridized carbons (Fsp3) is 0.200. The molecule has 4 heteroatoms. The van der Waals surface area contributed by atoms with Crippen LogP contribution in [0.25, 0.3) is 0 Å². The van der Waals surface area contributed by atoms with Crippen molar-refractivity contribution >= 4 is 11.9 Å². The molecule has 0 aliphatic carbocycles. The molecule has 0 aromatic rings. The second-order valence-corrected chi connectivity index (χ2v) is 6.27. The molecule has 0 amide bonds. The fourth-order valence-electron chi connectivity index (χ4n) is 1.81. The molecule has 154 valence electrons. The quantitative estimate of drug-likeness (QED) is 0.288. The van der Waals surface area contributed by atoms with E-state index >= 15 is 0 Å². The molecule has 0 heterocycles. The molecule has 1 N–H and O–H groups in total. The number of carboxylic acid groups (broad SMARTS) is 1. The van der Waals surface area contributed by atoms with Crippen LogP contribution in [0.4, 0.5) is 0 Å². The van der Waals surface area contributed by atoms with Crippen molar-refractivity contribution in [1.82, 2.24) is 0 Å². The minimum atomic E-state index is -0.956. The lowest BCUT2D eigenvalue weighted by Gasteiger charge is -1.91. The van der Waals surface area contributed by atoms with E-state index in [1.165, 1.54) is 13.2 Å². The molecule has 4 nitrogen and oxygen atoms in total. The Bertz CT molecular complexity index is 823. The maximum Gasteiger partial charge on any atom is 0.330 e. The van der Waals surface area contributed by atoms with Gasteiger partial charge in [-0.25, -0.2) is 9.59 Å². The Morgan fingerprint density at radius 3 is 1.38 bits per heavy atom. The number of esters is 1. The molecular weight excluding hydrogens is 364 g/mol. The molecule has 0 aliphatic rings. The average molecular weight is 395 g/mol. The number of carboxylic acids is 1. The first-order valence-corrected chi connectivity index (χ1v) is 9.13. The van der Waals surface area contributed by atoms with Crippen molar-refractivity contribution in [2.75, 3.05) is 7.11 Å². The van der Waals surface area contributed by atoms with Gasteiger partial charge in [0.1, 0.15) is 0 Å². The number of carbonyl (C=O) groups is 2. The van der Waals surface area contributed by atoms with Gasteiger partial charge in [-0.15, -0.1) is 0 Å². The monoisotopic (exact) mass is 394 g/mol. The number of hydrogen-bond acceptors (Lipinski definition) is 3. The summed E-state index contributed by atoms with van der Waals surface area (Å²) in [7, 11) is 1.35. The summed E-state index contributed by atoms with van der Waals surface area (Å²) in [6.45, 7) is 7.74. The van der Waals surface area contributed by atoms with Crippen molar-refractivity contribution in [2.24, 2.45) is 0 Å². The van der Waals surface area contributed by atoms with Gasteiger partial charge in [0.25, 0.3) is 0 Å². The maximum atomic E-state index is 11.0. The van der Waals surface area contributed by atoms with Gasteiger partial charge in [-0.05, 0) is 27.7 Å². The minimum Gasteiger partial charge on any atom is -0.478 e. The van der Waals surface area contributed by atoms with Crippen LogP contribution in [-0.4, -0.2) is 24.2 Å². The third kappa shape index (κ3) is 16.5. The minimum absolute atomic E-state index is 0.373. The summed E-state index contributed by atoms with van der Waals surface area (Å²) in [6, 6.07) is 0. The topological polar surface area (TPSA) is 63.6 Å². The van der Waals surface area contributed by atoms with E-state index < -0.39 is 5.97 Å². The van der Waals surface area contributed by atoms with E-state index in [1.54, 1.807) is 12.2 Å². The lowest BCUT2D eigenvalue weighted by atomic mass is 10.2. The molecule has 0 atom stereocenters. The summed E-state index contributed by atoms with van der Waals surface area (Å²) < 4.78 is 4.54. The number of hydrogen-bond donors (Lipinski definition) is 1. The Kier molecular flexibility index (Phi) is 13.8. The van der Waals surface area contributed by atoms with E-state index in [9.17, 15) is 9.59 Å². The van der Waals surface area contributed by atoms with E-state index in [2.05, 4.69) is 4.74 Å². The fourth-order valence-corrected chi connectivity index (χ4v) is 1.81. The van der Waals surface area contributed by atoms with E-state index in [-0.39, 0.29) is 5.97 Å². The molecule has 0 rings (SSSR count). The van der Waals surface area contributed by atoms with Gasteiger partial charge in [0.05, 0.1) is 7.11 Å². The van der Waals surface area contributed by atoms with E-state index in [0.29, 0.717) is 0 Å². The summed E-state index contributed by atoms with van der Waals surface area (Å²) in [4.78, 5) is 21.5. The van der Waals surface area contributed by atoms with Gasteiger partial charge in [-0.1, -0.05) is 95.2 Å². The second kappa shape index (κ2) is 15.6. The second-order valence-electron chi connectivity index (χ2n) is 6.27. The van der Waals surface area contributed by atoms with Crippen LogP contribution in [0.15, 0.2) is 107 Å². The molecular formula is C25H30O4. The van der Waals surface area contributed by atoms with Crippen LogP contribution >= 0.6 is 0 Å². The summed E-state index contributed by atoms with van der Waals surface area (Å²) in [6.07, 6.45) is 25.2. The Morgan fingerprint density at radius 2 is 0.966 bits per heavy atom. The first kappa shape index (κ1) is 25.6. The van der Waals surface area contributed by atoms with Crippen molar-refractivity contribution in [2.45, 2.75) is 27.7 Å². The highest BCUT2D eigenvalue weighted by Gasteiger charge is 1.89. The van der Waals surface area contributed by atoms with Crippen molar-refractivity contribution in [1.29, 1.82) is 0 Å². The van der Waals surface area contributed by atoms with Crippen LogP contribution in [0.3, 0.4) is 0 Å². The van der Waals surface area contributed by atoms with E-state index in [1.807, 2.05) is 88.5 Å². The molecule has 0 aromatic heterocycles. The molecule has 0 spiro atoms. The number of methoxy groups -OCH3 is 1. The first-order valence-electron chi connectivity index (χ1n) is 9.13. The molecule has 0 saturated carbocycles. The van der Waals surface area contributed by atoms with Crippen LogP contribution in [0, 0.1) is 0 Å². The van der Waals surface area contributed by atoms with Gasteiger partial charge in [0, 0.05) is 12.2 Å². The zero-order valence-corrected chi connectivity index (χ0v) is 17.8. The lowest BCUT2D eigenvalue weighted by Crippen LogP contribution is -1.93. The maximum absolute atomic E-state index is 11.0. The number of aliphatic carboxylic acids is 1. The number of carbonyl (C=O) groups excluding carboxylic acids is 1. The van der Waals surface area contributed by atoms with Crippen LogP contribution in [0.5, 0.6) is 0 Å². The lowest BCUT2D eigenvalue weighted by molar-refractivity contribution is -0.135. The normalized spacial score (nSPS) is 14.9. The standard InChI is InChI=1S/C25H30O4/c1-20(12-8-14-22(3)16-18-24(26)27)10-6-7-11-21(2)13-9-15-23(4)17-19-25(28)29-5/h6-19H,1-5H3,(H,26,27)/b7-6+,12-8+,13-9?,18-16+,19-17+,20-10+,21-11+,22-14+,23-15?. The Labute approximate surface area is 174 Å². The van der Waals surface area contributed by atoms with Crippen molar-refractivity contribution in [3.05, 3.63) is 107 Å². The summed E-state index contributed by atoms with van der Waals surface area (Å²) >= 11 is 0. The predicted molar refractivity (Wildman–Crippen MR) is 120 cm³/mol. The molecule has 0 bridgehead atoms. The van der Waals surface area contributed by atoms with Gasteiger partial charge >= 0.3 is 11.9 Å². The molecule has 0 aliphatic heterocycles. The SMILES string of the molecule is COC(=O)/C=C/C(C)=CC=C/C(C)=C/C=C/C=C(C)/C=C/C=C(C)/C=C/C(=O)O. The zero-order chi connectivity index (χ0) is 22.1. The number of allylic oxidation sites excluding steroid dienone is 16. The molecule has 0 aromatic carbocycles. The van der Waals surface area contributed by atoms with Crippen LogP contribution in [0.1, 0.15) is 27.7 Å². The van der Waals surface area contributed by atoms with E-state index in [0.717, 1.165) is 28.4 Å². The van der Waals surface area contributed by atoms with Gasteiger partial charge in [0.2, 0.25) is 0 Å². The van der Waals surface area contributed by atoms with Crippen molar-refractivity contribution in [3.8, 4) is 0 Å². The predicted octanol–water partition coefficient (Wildman–Crippen LogP) is 5.81. The molecule has 0 saturated heterocycles. The number of ether oxygens (including phenoxy) is 1. The highest BCUT2D eigenvalue weighted by Crippen LogP contribution is 2.02. The summed E-state index contributed by atoms with van der Waals surface area (Å²) in [5, 5.41) is 8.58. The average Bonchev–Trinajstić information content (AvgIpc) is 2.67. The van der Waals surface area contributed by atoms with Crippen LogP contribution in [0.2, 0.25) is 0 Å². The van der Waals surface area contributed by atoms with Crippen LogP contribution < -0.4 is 0 Å². The van der Waals surface area contributed by atoms with Gasteiger partial charge in [-0.2, -0.15) is 0 Å². The Morgan fingerprint density at radius 1 is 0.586 bits per heavy atom. The largest absolute Gasteiger partial charge is 0.478 e. The molecule has 0 unspecified atom stereocenters. The van der Waals surface area contributed by atoms with Crippen LogP contribution in [-0.2, 0) is 14.3 Å². The smallest absolute Gasteiger partial charge is 0.330 e. The highest BCUT2D eigenvalue weighted by molar-refractivity contribution is 5.82. The van der Waals surface area contributed by atoms with Gasteiger partial charge in [0.15, 0.2) is 0 Å². The first-order chi connectivity index (χ1) is 13.7. The van der Waals surface area contributed by atoms with Crippen molar-refractivity contribution in [3.63, 3.8) is 0 Å². The van der Waals surface area contributed by atoms with Crippen molar-refractivity contribution < 1.29 is 19.4 Å². The summed E-state index contributed by atoms with van der Waals surface area (Å²) in [5.74, 6) is -1.33. The van der Waals surface area contributed by atoms with E-state index in [4.69, 9.17) is 5.11 Å². The molecule has 0 radical (unpaired) electrons. The third-order valence-corrected chi connectivity index (χ3v) is 3.44. The Balaban J connectivity index is 4.67. The Hall–Kier alpha value is -3.40. The van der Waals surface area contributed by atoms with Gasteiger partial charge in [-0.3, -0.25) is 0 Å². The zero-order valence-electron chi connectivity index (χ0n) is 17.8. The molecule has 29 heavy (non-hydrogen) atoms. The summed E-state index contributed by atoms with van der Waals surface area (Å²) in [5.41, 5.74) is 3.98. The third-order valence-electron chi connectivity index (χ3n) is 3.44. The highest BCUT2D eigenvalue weighted by atomic mass is 16.5.